The van der Waals surface area contributed by atoms with E-state index in [1.54, 1.807) is 12.1 Å². The number of carboxylic acids is 1. The van der Waals surface area contributed by atoms with Gasteiger partial charge in [0.2, 0.25) is 0 Å². The zero-order valence-electron chi connectivity index (χ0n) is 12.2. The number of benzene rings is 1. The van der Waals surface area contributed by atoms with Crippen LogP contribution in [0.3, 0.4) is 0 Å². The number of unbranched alkanes of at least 4 members (excludes halogenated alkanes) is 6. The van der Waals surface area contributed by atoms with Crippen molar-refractivity contribution >= 4 is 11.8 Å². The number of Topliss-reactive ketones (excluding diaryl/α,β-unsaturated/α-hetero) is 1. The Labute approximate surface area is 121 Å². The second-order valence-electron chi connectivity index (χ2n) is 5.18. The SMILES string of the molecule is CCCCCCCCCC(=O)c1ccc(C(=O)O)cc1. The number of ketones is 1. The summed E-state index contributed by atoms with van der Waals surface area (Å²) in [7, 11) is 0. The maximum absolute atomic E-state index is 11.9. The van der Waals surface area contributed by atoms with Crippen LogP contribution in [0.25, 0.3) is 0 Å². The van der Waals surface area contributed by atoms with Gasteiger partial charge in [0.05, 0.1) is 5.56 Å². The minimum atomic E-state index is -0.962. The molecule has 0 bridgehead atoms. The van der Waals surface area contributed by atoms with E-state index >= 15 is 0 Å². The second kappa shape index (κ2) is 9.29. The van der Waals surface area contributed by atoms with Crippen LogP contribution in [0, 0.1) is 0 Å². The summed E-state index contributed by atoms with van der Waals surface area (Å²) in [6.07, 6.45) is 8.88. The molecular formula is C17H24O3. The minimum absolute atomic E-state index is 0.107. The molecule has 0 amide bonds. The van der Waals surface area contributed by atoms with E-state index in [9.17, 15) is 9.59 Å². The number of hydrogen-bond donors (Lipinski definition) is 1. The van der Waals surface area contributed by atoms with Crippen molar-refractivity contribution < 1.29 is 14.7 Å². The Morgan fingerprint density at radius 2 is 1.35 bits per heavy atom. The Morgan fingerprint density at radius 3 is 1.90 bits per heavy atom. The summed E-state index contributed by atoms with van der Waals surface area (Å²) in [5, 5.41) is 8.79. The lowest BCUT2D eigenvalue weighted by atomic mass is 10.0. The van der Waals surface area contributed by atoms with E-state index < -0.39 is 5.97 Å². The van der Waals surface area contributed by atoms with Crippen LogP contribution in [0.15, 0.2) is 24.3 Å². The summed E-state index contributed by atoms with van der Waals surface area (Å²) in [6.45, 7) is 2.20. The Kier molecular flexibility index (Phi) is 7.63. The van der Waals surface area contributed by atoms with E-state index in [1.807, 2.05) is 0 Å². The fourth-order valence-electron chi connectivity index (χ4n) is 2.19. The van der Waals surface area contributed by atoms with Crippen LogP contribution in [0.2, 0.25) is 0 Å². The third-order valence-corrected chi connectivity index (χ3v) is 3.46. The van der Waals surface area contributed by atoms with Gasteiger partial charge in [-0.25, -0.2) is 4.79 Å². The van der Waals surface area contributed by atoms with Crippen LogP contribution in [-0.4, -0.2) is 16.9 Å². The fourth-order valence-corrected chi connectivity index (χ4v) is 2.19. The zero-order valence-corrected chi connectivity index (χ0v) is 12.2. The van der Waals surface area contributed by atoms with Crippen molar-refractivity contribution in [3.63, 3.8) is 0 Å². The van der Waals surface area contributed by atoms with E-state index in [2.05, 4.69) is 6.92 Å². The maximum atomic E-state index is 11.9. The summed E-state index contributed by atoms with van der Waals surface area (Å²) in [5.74, 6) is -0.855. The van der Waals surface area contributed by atoms with Crippen LogP contribution in [-0.2, 0) is 0 Å². The van der Waals surface area contributed by atoms with Gasteiger partial charge in [0.1, 0.15) is 0 Å². The number of carbonyl (C=O) groups is 2. The molecule has 0 saturated carbocycles. The van der Waals surface area contributed by atoms with Crippen LogP contribution in [0.5, 0.6) is 0 Å². The smallest absolute Gasteiger partial charge is 0.335 e. The average Bonchev–Trinajstić information content (AvgIpc) is 2.46. The van der Waals surface area contributed by atoms with Gasteiger partial charge in [-0.3, -0.25) is 4.79 Å². The van der Waals surface area contributed by atoms with E-state index in [-0.39, 0.29) is 11.3 Å². The lowest BCUT2D eigenvalue weighted by Crippen LogP contribution is -2.01. The van der Waals surface area contributed by atoms with Gasteiger partial charge < -0.3 is 5.11 Å². The molecule has 1 aromatic rings. The van der Waals surface area contributed by atoms with Gasteiger partial charge in [0.15, 0.2) is 5.78 Å². The molecule has 0 aliphatic carbocycles. The lowest BCUT2D eigenvalue weighted by Gasteiger charge is -2.03. The van der Waals surface area contributed by atoms with E-state index in [0.717, 1.165) is 12.8 Å². The quantitative estimate of drug-likeness (QED) is 0.497. The molecule has 0 radical (unpaired) electrons. The van der Waals surface area contributed by atoms with Crippen LogP contribution in [0.1, 0.15) is 79.0 Å². The van der Waals surface area contributed by atoms with E-state index in [0.29, 0.717) is 12.0 Å². The maximum Gasteiger partial charge on any atom is 0.335 e. The predicted molar refractivity (Wildman–Crippen MR) is 80.3 cm³/mol. The number of carbonyl (C=O) groups excluding carboxylic acids is 1. The van der Waals surface area contributed by atoms with Crippen molar-refractivity contribution in [1.82, 2.24) is 0 Å². The van der Waals surface area contributed by atoms with Crippen molar-refractivity contribution in [2.75, 3.05) is 0 Å². The normalized spacial score (nSPS) is 10.4. The molecule has 0 aromatic heterocycles. The molecule has 110 valence electrons. The zero-order chi connectivity index (χ0) is 14.8. The molecule has 3 heteroatoms. The largest absolute Gasteiger partial charge is 0.478 e. The number of aromatic carboxylic acids is 1. The first-order chi connectivity index (χ1) is 9.65. The highest BCUT2D eigenvalue weighted by Gasteiger charge is 2.07. The topological polar surface area (TPSA) is 54.4 Å². The Bertz CT molecular complexity index is 420. The van der Waals surface area contributed by atoms with Crippen molar-refractivity contribution in [3.8, 4) is 0 Å². The molecule has 20 heavy (non-hydrogen) atoms. The first-order valence-electron chi connectivity index (χ1n) is 7.51. The molecule has 1 rings (SSSR count). The second-order valence-corrected chi connectivity index (χ2v) is 5.18. The van der Waals surface area contributed by atoms with Gasteiger partial charge >= 0.3 is 5.97 Å². The molecule has 0 fully saturated rings. The summed E-state index contributed by atoms with van der Waals surface area (Å²) >= 11 is 0. The summed E-state index contributed by atoms with van der Waals surface area (Å²) in [4.78, 5) is 22.6. The van der Waals surface area contributed by atoms with Gasteiger partial charge in [-0.05, 0) is 18.6 Å². The van der Waals surface area contributed by atoms with E-state index in [1.165, 1.54) is 44.2 Å². The molecule has 0 spiro atoms. The van der Waals surface area contributed by atoms with Crippen molar-refractivity contribution in [3.05, 3.63) is 35.4 Å². The van der Waals surface area contributed by atoms with Crippen molar-refractivity contribution in [1.29, 1.82) is 0 Å². The first-order valence-corrected chi connectivity index (χ1v) is 7.51. The van der Waals surface area contributed by atoms with Gasteiger partial charge in [0, 0.05) is 12.0 Å². The molecule has 0 heterocycles. The van der Waals surface area contributed by atoms with Crippen molar-refractivity contribution in [2.24, 2.45) is 0 Å². The Hall–Kier alpha value is -1.64. The molecule has 0 atom stereocenters. The minimum Gasteiger partial charge on any atom is -0.478 e. The first kappa shape index (κ1) is 16.4. The number of carboxylic acid groups (broad SMARTS) is 1. The van der Waals surface area contributed by atoms with Gasteiger partial charge in [-0.15, -0.1) is 0 Å². The van der Waals surface area contributed by atoms with Crippen molar-refractivity contribution in [2.45, 2.75) is 58.3 Å². The molecular weight excluding hydrogens is 252 g/mol. The number of rotatable bonds is 10. The van der Waals surface area contributed by atoms with Gasteiger partial charge in [0.25, 0.3) is 0 Å². The molecule has 1 N–H and O–H groups in total. The van der Waals surface area contributed by atoms with Crippen LogP contribution < -0.4 is 0 Å². The fraction of sp³-hybridized carbons (Fsp3) is 0.529. The predicted octanol–water partition coefficient (Wildman–Crippen LogP) is 4.71. The number of hydrogen-bond acceptors (Lipinski definition) is 2. The summed E-state index contributed by atoms with van der Waals surface area (Å²) in [6, 6.07) is 6.18. The molecule has 3 nitrogen and oxygen atoms in total. The third kappa shape index (κ3) is 6.00. The monoisotopic (exact) mass is 276 g/mol. The molecule has 0 aliphatic rings. The molecule has 0 unspecified atom stereocenters. The lowest BCUT2D eigenvalue weighted by molar-refractivity contribution is 0.0696. The molecule has 0 aliphatic heterocycles. The molecule has 0 saturated heterocycles. The highest BCUT2D eigenvalue weighted by atomic mass is 16.4. The van der Waals surface area contributed by atoms with Gasteiger partial charge in [-0.2, -0.15) is 0 Å². The summed E-state index contributed by atoms with van der Waals surface area (Å²) in [5.41, 5.74) is 0.832. The average molecular weight is 276 g/mol. The summed E-state index contributed by atoms with van der Waals surface area (Å²) < 4.78 is 0. The van der Waals surface area contributed by atoms with Crippen LogP contribution in [0.4, 0.5) is 0 Å². The third-order valence-electron chi connectivity index (χ3n) is 3.46. The Balaban J connectivity index is 2.24. The van der Waals surface area contributed by atoms with E-state index in [4.69, 9.17) is 5.11 Å². The van der Waals surface area contributed by atoms with Crippen LogP contribution >= 0.6 is 0 Å². The standard InChI is InChI=1S/C17H24O3/c1-2-3-4-5-6-7-8-9-16(18)14-10-12-15(13-11-14)17(19)20/h10-13H,2-9H2,1H3,(H,19,20). The highest BCUT2D eigenvalue weighted by molar-refractivity contribution is 5.97. The highest BCUT2D eigenvalue weighted by Crippen LogP contribution is 2.12. The molecule has 1 aromatic carbocycles. The van der Waals surface area contributed by atoms with Gasteiger partial charge in [-0.1, -0.05) is 57.6 Å². The Morgan fingerprint density at radius 1 is 0.850 bits per heavy atom.